The Hall–Kier alpha value is -1.94. The van der Waals surface area contributed by atoms with Crippen LogP contribution in [-0.4, -0.2) is 17.9 Å². The third kappa shape index (κ3) is 1.84. The van der Waals surface area contributed by atoms with Crippen LogP contribution in [0, 0.1) is 5.92 Å². The van der Waals surface area contributed by atoms with Crippen molar-refractivity contribution in [1.29, 1.82) is 0 Å². The van der Waals surface area contributed by atoms with Crippen LogP contribution in [0.15, 0.2) is 48.5 Å². The molecule has 0 saturated heterocycles. The number of hydrogen-bond acceptors (Lipinski definition) is 4. The van der Waals surface area contributed by atoms with Crippen molar-refractivity contribution in [2.24, 2.45) is 11.7 Å². The molecule has 2 unspecified atom stereocenters. The molecule has 0 bridgehead atoms. The third-order valence-electron chi connectivity index (χ3n) is 3.27. The van der Waals surface area contributed by atoms with Gasteiger partial charge in [-0.05, 0) is 30.7 Å². The standard InChI is InChI=1S/C14H16N2O2/c1-10(17)12-4-3-5-13(18-2)14(12,15)11-6-8-16-9-7-11/h3-9,12H,15H2,1-2H3. The van der Waals surface area contributed by atoms with E-state index >= 15 is 0 Å². The first-order valence-electron chi connectivity index (χ1n) is 5.73. The molecule has 0 spiro atoms. The minimum atomic E-state index is -0.960. The van der Waals surface area contributed by atoms with E-state index < -0.39 is 11.5 Å². The minimum absolute atomic E-state index is 0.00760. The zero-order valence-corrected chi connectivity index (χ0v) is 10.5. The van der Waals surface area contributed by atoms with Gasteiger partial charge in [0, 0.05) is 12.4 Å². The van der Waals surface area contributed by atoms with Gasteiger partial charge in [-0.2, -0.15) is 0 Å². The molecule has 2 atom stereocenters. The van der Waals surface area contributed by atoms with Crippen molar-refractivity contribution in [2.75, 3.05) is 7.11 Å². The number of Topliss-reactive ketones (excluding diaryl/α,β-unsaturated/α-hetero) is 1. The first-order valence-corrected chi connectivity index (χ1v) is 5.73. The van der Waals surface area contributed by atoms with Gasteiger partial charge >= 0.3 is 0 Å². The largest absolute Gasteiger partial charge is 0.499 e. The second-order valence-electron chi connectivity index (χ2n) is 4.31. The average Bonchev–Trinajstić information content (AvgIpc) is 2.39. The van der Waals surface area contributed by atoms with Gasteiger partial charge < -0.3 is 10.5 Å². The first kappa shape index (κ1) is 12.5. The Labute approximate surface area is 106 Å². The maximum atomic E-state index is 11.8. The molecule has 1 aliphatic carbocycles. The van der Waals surface area contributed by atoms with Crippen LogP contribution in [0.2, 0.25) is 0 Å². The van der Waals surface area contributed by atoms with E-state index in [1.165, 1.54) is 6.92 Å². The number of carbonyl (C=O) groups is 1. The fraction of sp³-hybridized carbons (Fsp3) is 0.286. The maximum absolute atomic E-state index is 11.8. The highest BCUT2D eigenvalue weighted by Gasteiger charge is 2.43. The molecule has 4 heteroatoms. The highest BCUT2D eigenvalue weighted by atomic mass is 16.5. The lowest BCUT2D eigenvalue weighted by molar-refractivity contribution is -0.121. The monoisotopic (exact) mass is 244 g/mol. The van der Waals surface area contributed by atoms with Crippen LogP contribution < -0.4 is 5.73 Å². The van der Waals surface area contributed by atoms with Crippen LogP contribution in [0.25, 0.3) is 0 Å². The summed E-state index contributed by atoms with van der Waals surface area (Å²) in [4.78, 5) is 15.8. The SMILES string of the molecule is COC1=CC=CC(C(C)=O)C1(N)c1ccncc1. The van der Waals surface area contributed by atoms with Crippen LogP contribution >= 0.6 is 0 Å². The molecule has 0 amide bonds. The number of allylic oxidation sites excluding steroid dienone is 2. The summed E-state index contributed by atoms with van der Waals surface area (Å²) in [5.74, 6) is 0.157. The Kier molecular flexibility index (Phi) is 3.30. The van der Waals surface area contributed by atoms with Crippen LogP contribution in [0.4, 0.5) is 0 Å². The normalized spacial score (nSPS) is 26.6. The van der Waals surface area contributed by atoms with Crippen LogP contribution in [0.5, 0.6) is 0 Å². The van der Waals surface area contributed by atoms with E-state index in [2.05, 4.69) is 4.98 Å². The highest BCUT2D eigenvalue weighted by molar-refractivity contribution is 5.83. The summed E-state index contributed by atoms with van der Waals surface area (Å²) in [5.41, 5.74) is 6.34. The molecule has 0 fully saturated rings. The molecule has 1 aliphatic rings. The van der Waals surface area contributed by atoms with E-state index in [9.17, 15) is 4.79 Å². The lowest BCUT2D eigenvalue weighted by Gasteiger charge is -2.37. The summed E-state index contributed by atoms with van der Waals surface area (Å²) in [5, 5.41) is 0. The Bertz CT molecular complexity index is 508. The molecule has 0 saturated carbocycles. The number of hydrogen-bond donors (Lipinski definition) is 1. The second kappa shape index (κ2) is 4.74. The van der Waals surface area contributed by atoms with Gasteiger partial charge in [-0.25, -0.2) is 0 Å². The van der Waals surface area contributed by atoms with Crippen molar-refractivity contribution in [1.82, 2.24) is 4.98 Å². The molecule has 2 N–H and O–H groups in total. The Morgan fingerprint density at radius 1 is 1.44 bits per heavy atom. The van der Waals surface area contributed by atoms with E-state index in [0.717, 1.165) is 5.56 Å². The van der Waals surface area contributed by atoms with Crippen molar-refractivity contribution in [3.8, 4) is 0 Å². The molecule has 1 aromatic heterocycles. The molecular formula is C14H16N2O2. The molecule has 1 aromatic rings. The van der Waals surface area contributed by atoms with E-state index in [1.54, 1.807) is 31.7 Å². The van der Waals surface area contributed by atoms with E-state index in [-0.39, 0.29) is 5.78 Å². The molecule has 1 heterocycles. The molecule has 2 rings (SSSR count). The van der Waals surface area contributed by atoms with E-state index in [1.807, 2.05) is 18.2 Å². The number of aromatic nitrogens is 1. The highest BCUT2D eigenvalue weighted by Crippen LogP contribution is 2.38. The average molecular weight is 244 g/mol. The van der Waals surface area contributed by atoms with E-state index in [0.29, 0.717) is 5.76 Å². The number of nitrogens with zero attached hydrogens (tertiary/aromatic N) is 1. The van der Waals surface area contributed by atoms with Crippen LogP contribution in [0.1, 0.15) is 12.5 Å². The summed E-state index contributed by atoms with van der Waals surface area (Å²) in [7, 11) is 1.56. The van der Waals surface area contributed by atoms with Crippen LogP contribution in [-0.2, 0) is 15.1 Å². The van der Waals surface area contributed by atoms with Gasteiger partial charge in [0.1, 0.15) is 17.1 Å². The van der Waals surface area contributed by atoms with Gasteiger partial charge in [0.2, 0.25) is 0 Å². The zero-order chi connectivity index (χ0) is 13.2. The van der Waals surface area contributed by atoms with Gasteiger partial charge in [0.15, 0.2) is 0 Å². The number of ketones is 1. The van der Waals surface area contributed by atoms with Gasteiger partial charge in [-0.15, -0.1) is 0 Å². The summed E-state index contributed by atoms with van der Waals surface area (Å²) in [6, 6.07) is 3.62. The summed E-state index contributed by atoms with van der Waals surface area (Å²) in [6.07, 6.45) is 8.72. The molecule has 0 aliphatic heterocycles. The van der Waals surface area contributed by atoms with Crippen LogP contribution in [0.3, 0.4) is 0 Å². The topological polar surface area (TPSA) is 65.2 Å². The van der Waals surface area contributed by atoms with Crippen molar-refractivity contribution in [3.63, 3.8) is 0 Å². The number of methoxy groups -OCH3 is 1. The number of ether oxygens (including phenoxy) is 1. The smallest absolute Gasteiger partial charge is 0.139 e. The molecular weight excluding hydrogens is 228 g/mol. The fourth-order valence-electron chi connectivity index (χ4n) is 2.34. The molecule has 0 radical (unpaired) electrons. The van der Waals surface area contributed by atoms with Crippen molar-refractivity contribution in [3.05, 3.63) is 54.1 Å². The van der Waals surface area contributed by atoms with Crippen molar-refractivity contribution >= 4 is 5.78 Å². The van der Waals surface area contributed by atoms with Gasteiger partial charge in [0.05, 0.1) is 13.0 Å². The number of nitrogens with two attached hydrogens (primary N) is 1. The third-order valence-corrected chi connectivity index (χ3v) is 3.27. The Morgan fingerprint density at radius 3 is 2.67 bits per heavy atom. The minimum Gasteiger partial charge on any atom is -0.499 e. The second-order valence-corrected chi connectivity index (χ2v) is 4.31. The predicted octanol–water partition coefficient (Wildman–Crippen LogP) is 1.54. The van der Waals surface area contributed by atoms with Gasteiger partial charge in [0.25, 0.3) is 0 Å². The molecule has 94 valence electrons. The lowest BCUT2D eigenvalue weighted by Crippen LogP contribution is -2.49. The predicted molar refractivity (Wildman–Crippen MR) is 68.5 cm³/mol. The summed E-state index contributed by atoms with van der Waals surface area (Å²) < 4.78 is 5.35. The maximum Gasteiger partial charge on any atom is 0.139 e. The van der Waals surface area contributed by atoms with Gasteiger partial charge in [-0.3, -0.25) is 9.78 Å². The van der Waals surface area contributed by atoms with Gasteiger partial charge in [-0.1, -0.05) is 12.2 Å². The zero-order valence-electron chi connectivity index (χ0n) is 10.5. The summed E-state index contributed by atoms with van der Waals surface area (Å²) in [6.45, 7) is 1.54. The number of pyridine rings is 1. The quantitative estimate of drug-likeness (QED) is 0.876. The van der Waals surface area contributed by atoms with Crippen molar-refractivity contribution in [2.45, 2.75) is 12.5 Å². The molecule has 4 nitrogen and oxygen atoms in total. The molecule has 0 aromatic carbocycles. The Morgan fingerprint density at radius 2 is 2.11 bits per heavy atom. The lowest BCUT2D eigenvalue weighted by atomic mass is 9.73. The number of rotatable bonds is 3. The first-order chi connectivity index (χ1) is 8.60. The molecule has 18 heavy (non-hydrogen) atoms. The summed E-state index contributed by atoms with van der Waals surface area (Å²) >= 11 is 0. The van der Waals surface area contributed by atoms with E-state index in [4.69, 9.17) is 10.5 Å². The Balaban J connectivity index is 2.57. The fourth-order valence-corrected chi connectivity index (χ4v) is 2.34. The van der Waals surface area contributed by atoms with Crippen molar-refractivity contribution < 1.29 is 9.53 Å². The number of carbonyl (C=O) groups excluding carboxylic acids is 1.